The minimum Gasteiger partial charge on any atom is -0.341 e. The molecule has 5 rings (SSSR count). The van der Waals surface area contributed by atoms with E-state index in [-0.39, 0.29) is 16.9 Å². The molecule has 5 aromatic rings. The van der Waals surface area contributed by atoms with Gasteiger partial charge in [-0.2, -0.15) is 0 Å². The molecule has 0 fully saturated rings. The second kappa shape index (κ2) is 11.9. The maximum Gasteiger partial charge on any atom is 0.237 e. The molecule has 3 N–H and O–H groups in total. The van der Waals surface area contributed by atoms with Crippen LogP contribution in [0.15, 0.2) is 95.9 Å². The molecule has 1 amide bonds. The van der Waals surface area contributed by atoms with E-state index in [1.54, 1.807) is 12.1 Å². The Morgan fingerprint density at radius 2 is 1.48 bits per heavy atom. The van der Waals surface area contributed by atoms with Crippen LogP contribution in [0.4, 0.5) is 17.1 Å². The van der Waals surface area contributed by atoms with Crippen molar-refractivity contribution in [1.82, 2.24) is 4.57 Å². The van der Waals surface area contributed by atoms with Crippen LogP contribution < -0.4 is 16.0 Å². The first-order chi connectivity index (χ1) is 19.3. The standard InChI is InChI=1S/C32H30N4O2S2/c1-4-36-29-11-6-5-10-27(29)28-19-25(16-17-30(28)36)33-31(38)21(3)40-26-9-7-8-24(18-26)35-32(39)34-23-14-12-22(13-15-23)20(2)37/h5-19,21H,4H2,1-3H3,(H,33,38)(H2,34,35,39). The number of fused-ring (bicyclic) bond motifs is 3. The lowest BCUT2D eigenvalue weighted by atomic mass is 10.1. The Kier molecular flexibility index (Phi) is 8.19. The maximum atomic E-state index is 13.1. The third-order valence-corrected chi connectivity index (χ3v) is 7.98. The lowest BCUT2D eigenvalue weighted by molar-refractivity contribution is -0.115. The SMILES string of the molecule is CCn1c2ccccc2c2cc(NC(=O)C(C)Sc3cccc(NC(=S)Nc4ccc(C(C)=O)cc4)c3)ccc21. The van der Waals surface area contributed by atoms with Crippen LogP contribution in [0.5, 0.6) is 0 Å². The molecule has 1 unspecified atom stereocenters. The van der Waals surface area contributed by atoms with E-state index in [4.69, 9.17) is 12.2 Å². The zero-order chi connectivity index (χ0) is 28.2. The van der Waals surface area contributed by atoms with Crippen LogP contribution in [-0.2, 0) is 11.3 Å². The van der Waals surface area contributed by atoms with Crippen LogP contribution in [0, 0.1) is 0 Å². The summed E-state index contributed by atoms with van der Waals surface area (Å²) >= 11 is 6.94. The molecule has 0 radical (unpaired) electrons. The molecule has 0 aliphatic heterocycles. The number of amides is 1. The number of para-hydroxylation sites is 1. The van der Waals surface area contributed by atoms with Gasteiger partial charge in [-0.25, -0.2) is 0 Å². The van der Waals surface area contributed by atoms with Crippen LogP contribution >= 0.6 is 24.0 Å². The Morgan fingerprint density at radius 1 is 0.800 bits per heavy atom. The van der Waals surface area contributed by atoms with Gasteiger partial charge in [-0.1, -0.05) is 24.3 Å². The summed E-state index contributed by atoms with van der Waals surface area (Å²) in [5, 5.41) is 11.8. The van der Waals surface area contributed by atoms with Crippen molar-refractivity contribution >= 4 is 79.7 Å². The Bertz CT molecular complexity index is 1730. The fourth-order valence-corrected chi connectivity index (χ4v) is 5.86. The highest BCUT2D eigenvalue weighted by atomic mass is 32.2. The van der Waals surface area contributed by atoms with Crippen molar-refractivity contribution in [3.05, 3.63) is 96.6 Å². The van der Waals surface area contributed by atoms with Gasteiger partial charge in [0.1, 0.15) is 0 Å². The summed E-state index contributed by atoms with van der Waals surface area (Å²) in [4.78, 5) is 25.5. The first-order valence-electron chi connectivity index (χ1n) is 13.1. The first-order valence-corrected chi connectivity index (χ1v) is 14.4. The number of nitrogens with zero attached hydrogens (tertiary/aromatic N) is 1. The lowest BCUT2D eigenvalue weighted by Gasteiger charge is -2.14. The molecule has 40 heavy (non-hydrogen) atoms. The fourth-order valence-electron chi connectivity index (χ4n) is 4.70. The summed E-state index contributed by atoms with van der Waals surface area (Å²) < 4.78 is 2.29. The monoisotopic (exact) mass is 566 g/mol. The Balaban J connectivity index is 1.22. The molecule has 1 heterocycles. The molecule has 6 nitrogen and oxygen atoms in total. The summed E-state index contributed by atoms with van der Waals surface area (Å²) in [6.45, 7) is 6.46. The van der Waals surface area contributed by atoms with Crippen LogP contribution in [0.25, 0.3) is 21.8 Å². The number of ketones is 1. The zero-order valence-corrected chi connectivity index (χ0v) is 24.2. The Morgan fingerprint density at radius 3 is 2.23 bits per heavy atom. The van der Waals surface area contributed by atoms with Gasteiger partial charge in [0, 0.05) is 55.9 Å². The molecular weight excluding hydrogens is 537 g/mol. The minimum atomic E-state index is -0.312. The zero-order valence-electron chi connectivity index (χ0n) is 22.5. The van der Waals surface area contributed by atoms with E-state index in [2.05, 4.69) is 57.8 Å². The average Bonchev–Trinajstić information content (AvgIpc) is 3.26. The normalized spacial score (nSPS) is 11.8. The second-order valence-corrected chi connectivity index (χ2v) is 11.3. The number of hydrogen-bond donors (Lipinski definition) is 3. The molecule has 1 atom stereocenters. The van der Waals surface area contributed by atoms with E-state index in [0.29, 0.717) is 10.7 Å². The number of hydrogen-bond acceptors (Lipinski definition) is 4. The molecule has 0 spiro atoms. The molecule has 0 bridgehead atoms. The summed E-state index contributed by atoms with van der Waals surface area (Å²) in [7, 11) is 0. The molecule has 202 valence electrons. The largest absolute Gasteiger partial charge is 0.341 e. The Hall–Kier alpha value is -4.14. The molecule has 8 heteroatoms. The topological polar surface area (TPSA) is 75.2 Å². The second-order valence-electron chi connectivity index (χ2n) is 9.48. The summed E-state index contributed by atoms with van der Waals surface area (Å²) in [5.41, 5.74) is 5.39. The number of thioether (sulfide) groups is 1. The van der Waals surface area contributed by atoms with E-state index in [1.807, 2.05) is 55.5 Å². The number of rotatable bonds is 8. The molecular formula is C32H30N4O2S2. The van der Waals surface area contributed by atoms with Gasteiger partial charge < -0.3 is 20.5 Å². The van der Waals surface area contributed by atoms with Crippen LogP contribution in [0.1, 0.15) is 31.1 Å². The van der Waals surface area contributed by atoms with Gasteiger partial charge >= 0.3 is 0 Å². The van der Waals surface area contributed by atoms with E-state index in [9.17, 15) is 9.59 Å². The highest BCUT2D eigenvalue weighted by Crippen LogP contribution is 2.32. The van der Waals surface area contributed by atoms with E-state index < -0.39 is 0 Å². The fraction of sp³-hybridized carbons (Fsp3) is 0.156. The number of anilines is 3. The van der Waals surface area contributed by atoms with Crippen molar-refractivity contribution in [1.29, 1.82) is 0 Å². The average molecular weight is 567 g/mol. The quantitative estimate of drug-likeness (QED) is 0.101. The van der Waals surface area contributed by atoms with Gasteiger partial charge in [0.2, 0.25) is 5.91 Å². The number of benzene rings is 4. The maximum absolute atomic E-state index is 13.1. The Labute approximate surface area is 243 Å². The van der Waals surface area contributed by atoms with E-state index in [0.717, 1.165) is 39.4 Å². The van der Waals surface area contributed by atoms with Crippen molar-refractivity contribution < 1.29 is 9.59 Å². The predicted molar refractivity (Wildman–Crippen MR) is 172 cm³/mol. The van der Waals surface area contributed by atoms with Gasteiger partial charge in [0.05, 0.1) is 5.25 Å². The van der Waals surface area contributed by atoms with Gasteiger partial charge in [0.15, 0.2) is 10.9 Å². The molecule has 1 aromatic heterocycles. The van der Waals surface area contributed by atoms with Crippen LogP contribution in [0.2, 0.25) is 0 Å². The summed E-state index contributed by atoms with van der Waals surface area (Å²) in [6, 6.07) is 29.4. The summed E-state index contributed by atoms with van der Waals surface area (Å²) in [6.07, 6.45) is 0. The van der Waals surface area contributed by atoms with Crippen LogP contribution in [0.3, 0.4) is 0 Å². The molecule has 0 aliphatic carbocycles. The first kappa shape index (κ1) is 27.4. The van der Waals surface area contributed by atoms with Gasteiger partial charge in [0.25, 0.3) is 0 Å². The number of aromatic nitrogens is 1. The molecule has 4 aromatic carbocycles. The highest BCUT2D eigenvalue weighted by molar-refractivity contribution is 8.00. The van der Waals surface area contributed by atoms with Crippen molar-refractivity contribution in [2.45, 2.75) is 37.5 Å². The van der Waals surface area contributed by atoms with Crippen LogP contribution in [-0.4, -0.2) is 26.6 Å². The molecule has 0 saturated carbocycles. The van der Waals surface area contributed by atoms with E-state index >= 15 is 0 Å². The predicted octanol–water partition coefficient (Wildman–Crippen LogP) is 7.95. The minimum absolute atomic E-state index is 0.0193. The lowest BCUT2D eigenvalue weighted by Crippen LogP contribution is -2.22. The van der Waals surface area contributed by atoms with Gasteiger partial charge in [-0.15, -0.1) is 11.8 Å². The smallest absolute Gasteiger partial charge is 0.237 e. The van der Waals surface area contributed by atoms with Crippen molar-refractivity contribution in [2.24, 2.45) is 0 Å². The van der Waals surface area contributed by atoms with E-state index in [1.165, 1.54) is 29.6 Å². The number of nitrogens with one attached hydrogen (secondary N) is 3. The van der Waals surface area contributed by atoms with Crippen molar-refractivity contribution in [3.63, 3.8) is 0 Å². The number of aryl methyl sites for hydroxylation is 1. The number of Topliss-reactive ketones (excluding diaryl/α,β-unsaturated/α-hetero) is 1. The van der Waals surface area contributed by atoms with Crippen molar-refractivity contribution in [2.75, 3.05) is 16.0 Å². The third kappa shape index (κ3) is 6.03. The van der Waals surface area contributed by atoms with Gasteiger partial charge in [-0.3, -0.25) is 9.59 Å². The van der Waals surface area contributed by atoms with Gasteiger partial charge in [-0.05, 0) is 99.7 Å². The number of carbonyl (C=O) groups excluding carboxylic acids is 2. The number of carbonyl (C=O) groups is 2. The summed E-state index contributed by atoms with van der Waals surface area (Å²) in [5.74, 6) is -0.0426. The molecule has 0 saturated heterocycles. The van der Waals surface area contributed by atoms with Crippen molar-refractivity contribution in [3.8, 4) is 0 Å². The highest BCUT2D eigenvalue weighted by Gasteiger charge is 2.16. The third-order valence-electron chi connectivity index (χ3n) is 6.68. The number of thiocarbonyl (C=S) groups is 1. The molecule has 0 aliphatic rings.